The summed E-state index contributed by atoms with van der Waals surface area (Å²) in [5.74, 6) is 0.647. The number of thiazole rings is 1. The van der Waals surface area contributed by atoms with Crippen molar-refractivity contribution < 1.29 is 5.11 Å². The Morgan fingerprint density at radius 3 is 2.95 bits per heavy atom. The first-order valence-corrected chi connectivity index (χ1v) is 8.34. The topological polar surface area (TPSA) is 83.3 Å². The van der Waals surface area contributed by atoms with Crippen LogP contribution in [0.25, 0.3) is 10.2 Å². The zero-order chi connectivity index (χ0) is 15.6. The zero-order valence-electron chi connectivity index (χ0n) is 12.1. The number of anilines is 1. The van der Waals surface area contributed by atoms with E-state index in [4.69, 9.17) is 0 Å². The number of aromatic nitrogens is 3. The van der Waals surface area contributed by atoms with Crippen LogP contribution in [0.5, 0.6) is 0 Å². The van der Waals surface area contributed by atoms with Gasteiger partial charge in [-0.1, -0.05) is 13.8 Å². The molecule has 8 heteroatoms. The Labute approximate surface area is 135 Å². The van der Waals surface area contributed by atoms with E-state index >= 15 is 0 Å². The van der Waals surface area contributed by atoms with Gasteiger partial charge in [-0.3, -0.25) is 5.43 Å². The van der Waals surface area contributed by atoms with Crippen molar-refractivity contribution in [2.75, 3.05) is 12.0 Å². The first-order valence-electron chi connectivity index (χ1n) is 6.64. The number of nitrogens with zero attached hydrogens (tertiary/aromatic N) is 4. The van der Waals surface area contributed by atoms with Crippen molar-refractivity contribution >= 4 is 44.9 Å². The summed E-state index contributed by atoms with van der Waals surface area (Å²) in [6.45, 7) is 4.08. The van der Waals surface area contributed by atoms with E-state index in [-0.39, 0.29) is 12.0 Å². The van der Waals surface area contributed by atoms with E-state index in [1.54, 1.807) is 23.7 Å². The number of hydrogen-bond acceptors (Lipinski definition) is 8. The van der Waals surface area contributed by atoms with Crippen molar-refractivity contribution in [2.45, 2.75) is 19.3 Å². The van der Waals surface area contributed by atoms with Gasteiger partial charge in [0, 0.05) is 21.9 Å². The van der Waals surface area contributed by atoms with Gasteiger partial charge in [-0.15, -0.1) is 22.7 Å². The molecule has 0 aliphatic carbocycles. The Morgan fingerprint density at radius 2 is 2.23 bits per heavy atom. The van der Waals surface area contributed by atoms with Crippen LogP contribution >= 0.6 is 22.7 Å². The number of fused-ring (bicyclic) bond motifs is 1. The lowest BCUT2D eigenvalue weighted by Crippen LogP contribution is -2.20. The van der Waals surface area contributed by atoms with Gasteiger partial charge in [0.1, 0.15) is 16.2 Å². The lowest BCUT2D eigenvalue weighted by atomic mass is 9.93. The molecule has 3 aromatic heterocycles. The molecule has 0 atom stereocenters. The third-order valence-corrected chi connectivity index (χ3v) is 5.31. The number of thiophene rings is 1. The summed E-state index contributed by atoms with van der Waals surface area (Å²) in [5, 5.41) is 17.3. The van der Waals surface area contributed by atoms with Gasteiger partial charge in [-0.05, 0) is 6.07 Å². The van der Waals surface area contributed by atoms with Gasteiger partial charge in [0.25, 0.3) is 0 Å². The average Bonchev–Trinajstić information content (AvgIpc) is 3.16. The molecular weight excluding hydrogens is 318 g/mol. The first kappa shape index (κ1) is 15.0. The minimum atomic E-state index is -0.299. The maximum atomic E-state index is 9.51. The highest BCUT2D eigenvalue weighted by Crippen LogP contribution is 2.35. The lowest BCUT2D eigenvalue weighted by molar-refractivity contribution is 0.221. The van der Waals surface area contributed by atoms with E-state index < -0.39 is 0 Å². The van der Waals surface area contributed by atoms with E-state index in [2.05, 4.69) is 25.5 Å². The molecule has 0 unspecified atom stereocenters. The summed E-state index contributed by atoms with van der Waals surface area (Å²) in [4.78, 5) is 14.6. The van der Waals surface area contributed by atoms with Gasteiger partial charge in [-0.25, -0.2) is 15.0 Å². The summed E-state index contributed by atoms with van der Waals surface area (Å²) >= 11 is 3.07. The summed E-state index contributed by atoms with van der Waals surface area (Å²) in [5.41, 5.74) is 2.64. The summed E-state index contributed by atoms with van der Waals surface area (Å²) in [6, 6.07) is 2.01. The van der Waals surface area contributed by atoms with E-state index in [0.717, 1.165) is 20.1 Å². The van der Waals surface area contributed by atoms with Gasteiger partial charge in [0.2, 0.25) is 0 Å². The number of hydrazone groups is 1. The van der Waals surface area contributed by atoms with Crippen LogP contribution in [-0.4, -0.2) is 32.9 Å². The molecule has 0 saturated carbocycles. The van der Waals surface area contributed by atoms with Crippen LogP contribution < -0.4 is 5.43 Å². The second-order valence-electron chi connectivity index (χ2n) is 5.33. The maximum absolute atomic E-state index is 9.51. The molecule has 0 amide bonds. The molecule has 0 aliphatic rings. The third kappa shape index (κ3) is 2.99. The number of nitrogens with one attached hydrogen (secondary N) is 1. The molecule has 0 spiro atoms. The van der Waals surface area contributed by atoms with Crippen LogP contribution in [0.15, 0.2) is 29.1 Å². The fraction of sp³-hybridized carbons (Fsp3) is 0.286. The second kappa shape index (κ2) is 6.07. The van der Waals surface area contributed by atoms with Crippen molar-refractivity contribution in [3.63, 3.8) is 0 Å². The Morgan fingerprint density at radius 1 is 1.36 bits per heavy atom. The highest BCUT2D eigenvalue weighted by molar-refractivity contribution is 7.18. The van der Waals surface area contributed by atoms with Gasteiger partial charge in [0.15, 0.2) is 5.82 Å². The number of rotatable bonds is 5. The lowest BCUT2D eigenvalue weighted by Gasteiger charge is -2.18. The van der Waals surface area contributed by atoms with Gasteiger partial charge in [0.05, 0.1) is 18.2 Å². The second-order valence-corrected chi connectivity index (χ2v) is 7.29. The molecule has 22 heavy (non-hydrogen) atoms. The number of aliphatic hydroxyl groups excluding tert-OH is 1. The van der Waals surface area contributed by atoms with Gasteiger partial charge >= 0.3 is 0 Å². The SMILES string of the molecule is CC(C)(CO)c1cc2c(NN=Cc3nccs3)ncnc2s1. The maximum Gasteiger partial charge on any atom is 0.158 e. The highest BCUT2D eigenvalue weighted by Gasteiger charge is 2.23. The molecule has 0 aromatic carbocycles. The third-order valence-electron chi connectivity index (χ3n) is 3.19. The average molecular weight is 333 g/mol. The van der Waals surface area contributed by atoms with E-state index in [1.165, 1.54) is 17.7 Å². The van der Waals surface area contributed by atoms with Crippen molar-refractivity contribution in [3.05, 3.63) is 33.9 Å². The molecule has 3 rings (SSSR count). The molecule has 6 nitrogen and oxygen atoms in total. The molecule has 114 valence electrons. The quantitative estimate of drug-likeness (QED) is 0.554. The molecule has 0 radical (unpaired) electrons. The van der Waals surface area contributed by atoms with Gasteiger partial charge < -0.3 is 5.11 Å². The van der Waals surface area contributed by atoms with Crippen LogP contribution in [0.2, 0.25) is 0 Å². The van der Waals surface area contributed by atoms with E-state index in [0.29, 0.717) is 5.82 Å². The molecule has 3 heterocycles. The standard InChI is InChI=1S/C14H15N5OS2/c1-14(2,7-20)10-5-9-12(16-8-17-13(9)22-10)19-18-6-11-15-3-4-21-11/h3-6,8,20H,7H2,1-2H3,(H,16,17,19). The fourth-order valence-corrected chi connectivity index (χ4v) is 3.39. The normalized spacial score (nSPS) is 12.3. The monoisotopic (exact) mass is 333 g/mol. The molecule has 2 N–H and O–H groups in total. The molecule has 3 aromatic rings. The Hall–Kier alpha value is -1.90. The Balaban J connectivity index is 1.90. The Kier molecular flexibility index (Phi) is 4.14. The molecule has 0 saturated heterocycles. The van der Waals surface area contributed by atoms with E-state index in [1.807, 2.05) is 25.3 Å². The summed E-state index contributed by atoms with van der Waals surface area (Å²) in [6.07, 6.45) is 4.90. The molecule has 0 bridgehead atoms. The van der Waals surface area contributed by atoms with Crippen molar-refractivity contribution in [1.82, 2.24) is 15.0 Å². The minimum absolute atomic E-state index is 0.0816. The molecule has 0 fully saturated rings. The smallest absolute Gasteiger partial charge is 0.158 e. The van der Waals surface area contributed by atoms with Crippen molar-refractivity contribution in [2.24, 2.45) is 5.10 Å². The highest BCUT2D eigenvalue weighted by atomic mass is 32.1. The first-order chi connectivity index (χ1) is 10.6. The van der Waals surface area contributed by atoms with E-state index in [9.17, 15) is 5.11 Å². The number of aliphatic hydroxyl groups is 1. The number of hydrogen-bond donors (Lipinski definition) is 2. The predicted octanol–water partition coefficient (Wildman–Crippen LogP) is 2.86. The summed E-state index contributed by atoms with van der Waals surface area (Å²) in [7, 11) is 0. The minimum Gasteiger partial charge on any atom is -0.395 e. The molecular formula is C14H15N5OS2. The van der Waals surface area contributed by atoms with Crippen molar-refractivity contribution in [3.8, 4) is 0 Å². The largest absolute Gasteiger partial charge is 0.395 e. The molecule has 0 aliphatic heterocycles. The van der Waals surface area contributed by atoms with Crippen LogP contribution in [-0.2, 0) is 5.41 Å². The van der Waals surface area contributed by atoms with Crippen LogP contribution in [0.1, 0.15) is 23.7 Å². The van der Waals surface area contributed by atoms with Crippen LogP contribution in [0.3, 0.4) is 0 Å². The summed E-state index contributed by atoms with van der Waals surface area (Å²) < 4.78 is 0. The predicted molar refractivity (Wildman–Crippen MR) is 90.9 cm³/mol. The Bertz CT molecular complexity index is 795. The van der Waals surface area contributed by atoms with Crippen LogP contribution in [0, 0.1) is 0 Å². The van der Waals surface area contributed by atoms with Crippen LogP contribution in [0.4, 0.5) is 5.82 Å². The van der Waals surface area contributed by atoms with Crippen molar-refractivity contribution in [1.29, 1.82) is 0 Å². The zero-order valence-corrected chi connectivity index (χ0v) is 13.8. The van der Waals surface area contributed by atoms with Gasteiger partial charge in [-0.2, -0.15) is 5.10 Å². The fourth-order valence-electron chi connectivity index (χ4n) is 1.80.